The van der Waals surface area contributed by atoms with Crippen molar-refractivity contribution in [3.05, 3.63) is 60.2 Å². The molecule has 2 aromatic rings. The van der Waals surface area contributed by atoms with E-state index in [1.54, 1.807) is 6.08 Å². The van der Waals surface area contributed by atoms with Crippen LogP contribution < -0.4 is 15.2 Å². The third-order valence-electron chi connectivity index (χ3n) is 2.77. The van der Waals surface area contributed by atoms with Crippen LogP contribution in [0, 0.1) is 0 Å². The Balaban J connectivity index is 0.000000160. The molecule has 0 atom stereocenters. The topological polar surface area (TPSA) is 61.6 Å². The summed E-state index contributed by atoms with van der Waals surface area (Å²) >= 11 is 4.18. The Hall–Kier alpha value is -2.40. The fraction of sp³-hybridized carbons (Fsp3) is 0.118. The van der Waals surface area contributed by atoms with Crippen molar-refractivity contribution in [2.24, 2.45) is 5.73 Å². The van der Waals surface area contributed by atoms with Gasteiger partial charge in [0.2, 0.25) is 5.91 Å². The second kappa shape index (κ2) is 8.14. The van der Waals surface area contributed by atoms with Crippen molar-refractivity contribution < 1.29 is 14.3 Å². The molecule has 2 N–H and O–H groups in total. The van der Waals surface area contributed by atoms with Crippen LogP contribution >= 0.6 is 12.6 Å². The normalized spacial score (nSPS) is 12.4. The lowest BCUT2D eigenvalue weighted by Crippen LogP contribution is -2.15. The van der Waals surface area contributed by atoms with E-state index in [9.17, 15) is 4.79 Å². The summed E-state index contributed by atoms with van der Waals surface area (Å²) in [6.07, 6.45) is 3.03. The zero-order chi connectivity index (χ0) is 15.8. The Morgan fingerprint density at radius 3 is 2.41 bits per heavy atom. The number of hydrogen-bond acceptors (Lipinski definition) is 4. The van der Waals surface area contributed by atoms with Gasteiger partial charge in [-0.3, -0.25) is 4.79 Å². The lowest BCUT2D eigenvalue weighted by molar-refractivity contribution is -0.113. The smallest absolute Gasteiger partial charge is 0.241 e. The average Bonchev–Trinajstić information content (AvgIpc) is 2.54. The van der Waals surface area contributed by atoms with E-state index in [1.807, 2.05) is 48.5 Å². The van der Waals surface area contributed by atoms with Crippen LogP contribution in [0.1, 0.15) is 5.56 Å². The molecule has 0 aromatic heterocycles. The average molecular weight is 315 g/mol. The van der Waals surface area contributed by atoms with Crippen molar-refractivity contribution in [1.82, 2.24) is 0 Å². The summed E-state index contributed by atoms with van der Waals surface area (Å²) < 4.78 is 10.6. The highest BCUT2D eigenvalue weighted by molar-refractivity contribution is 7.80. The monoisotopic (exact) mass is 315 g/mol. The Kier molecular flexibility index (Phi) is 5.91. The third kappa shape index (κ3) is 5.18. The van der Waals surface area contributed by atoms with Crippen molar-refractivity contribution in [3.8, 4) is 11.5 Å². The minimum Gasteiger partial charge on any atom is -0.486 e. The maximum Gasteiger partial charge on any atom is 0.241 e. The molecule has 3 rings (SSSR count). The first-order valence-corrected chi connectivity index (χ1v) is 7.21. The van der Waals surface area contributed by atoms with Gasteiger partial charge in [-0.25, -0.2) is 0 Å². The molecule has 2 aromatic carbocycles. The van der Waals surface area contributed by atoms with E-state index in [2.05, 4.69) is 12.6 Å². The standard InChI is InChI=1S/C9H9NO.C8H8O2S/c10-9(11)7-6-8-4-2-1-3-5-8;11-6-1-2-7-8(5-6)10-4-3-9-7/h1-7H,(H2,10,11);1-2,5,11H,3-4H2. The summed E-state index contributed by atoms with van der Waals surface area (Å²) in [7, 11) is 0. The molecule has 0 aliphatic carbocycles. The number of hydrogen-bond donors (Lipinski definition) is 2. The number of primary amides is 1. The highest BCUT2D eigenvalue weighted by Crippen LogP contribution is 2.31. The minimum atomic E-state index is -0.422. The van der Waals surface area contributed by atoms with Gasteiger partial charge in [0.15, 0.2) is 11.5 Å². The Bertz CT molecular complexity index is 656. The molecule has 1 aliphatic heterocycles. The van der Waals surface area contributed by atoms with Gasteiger partial charge in [-0.2, -0.15) is 0 Å². The van der Waals surface area contributed by atoms with Crippen molar-refractivity contribution in [1.29, 1.82) is 0 Å². The lowest BCUT2D eigenvalue weighted by Gasteiger charge is -2.17. The molecule has 5 heteroatoms. The van der Waals surface area contributed by atoms with Crippen LogP contribution in [-0.2, 0) is 4.79 Å². The van der Waals surface area contributed by atoms with Crippen molar-refractivity contribution in [3.63, 3.8) is 0 Å². The zero-order valence-electron chi connectivity index (χ0n) is 11.9. The number of thiol groups is 1. The largest absolute Gasteiger partial charge is 0.486 e. The second-order valence-electron chi connectivity index (χ2n) is 4.47. The molecule has 0 unspecified atom stereocenters. The molecular formula is C17H17NO3S. The Morgan fingerprint density at radius 1 is 1.05 bits per heavy atom. The molecule has 0 fully saturated rings. The van der Waals surface area contributed by atoms with Gasteiger partial charge in [0, 0.05) is 11.0 Å². The van der Waals surface area contributed by atoms with Gasteiger partial charge in [0.25, 0.3) is 0 Å². The summed E-state index contributed by atoms with van der Waals surface area (Å²) in [5.74, 6) is 1.19. The summed E-state index contributed by atoms with van der Waals surface area (Å²) in [4.78, 5) is 11.2. The molecule has 1 aliphatic rings. The Morgan fingerprint density at radius 2 is 1.73 bits per heavy atom. The van der Waals surface area contributed by atoms with Gasteiger partial charge >= 0.3 is 0 Å². The van der Waals surface area contributed by atoms with Crippen LogP contribution in [0.5, 0.6) is 11.5 Å². The van der Waals surface area contributed by atoms with Gasteiger partial charge in [0.1, 0.15) is 13.2 Å². The van der Waals surface area contributed by atoms with E-state index in [-0.39, 0.29) is 0 Å². The van der Waals surface area contributed by atoms with Crippen LogP contribution in [0.3, 0.4) is 0 Å². The van der Waals surface area contributed by atoms with Crippen molar-refractivity contribution in [2.75, 3.05) is 13.2 Å². The second-order valence-corrected chi connectivity index (χ2v) is 4.99. The fourth-order valence-corrected chi connectivity index (χ4v) is 1.97. The van der Waals surface area contributed by atoms with Gasteiger partial charge < -0.3 is 15.2 Å². The Labute approximate surface area is 135 Å². The third-order valence-corrected chi connectivity index (χ3v) is 3.04. The van der Waals surface area contributed by atoms with Gasteiger partial charge in [-0.05, 0) is 29.8 Å². The van der Waals surface area contributed by atoms with Crippen molar-refractivity contribution >= 4 is 24.6 Å². The van der Waals surface area contributed by atoms with Crippen molar-refractivity contribution in [2.45, 2.75) is 4.90 Å². The summed E-state index contributed by atoms with van der Waals surface area (Å²) in [5, 5.41) is 0. The first-order valence-electron chi connectivity index (χ1n) is 6.76. The van der Waals surface area contributed by atoms with Gasteiger partial charge in [-0.1, -0.05) is 30.3 Å². The van der Waals surface area contributed by atoms with E-state index in [1.165, 1.54) is 6.08 Å². The number of benzene rings is 2. The minimum absolute atomic E-state index is 0.422. The lowest BCUT2D eigenvalue weighted by atomic mass is 10.2. The molecular weight excluding hydrogens is 298 g/mol. The molecule has 22 heavy (non-hydrogen) atoms. The van der Waals surface area contributed by atoms with E-state index in [4.69, 9.17) is 15.2 Å². The van der Waals surface area contributed by atoms with Crippen LogP contribution in [-0.4, -0.2) is 19.1 Å². The first kappa shape index (κ1) is 16.0. The number of nitrogens with two attached hydrogens (primary N) is 1. The number of carbonyl (C=O) groups is 1. The summed E-state index contributed by atoms with van der Waals surface area (Å²) in [6.45, 7) is 1.27. The van der Waals surface area contributed by atoms with Gasteiger partial charge in [-0.15, -0.1) is 12.6 Å². The predicted octanol–water partition coefficient (Wildman–Crippen LogP) is 2.93. The molecule has 1 heterocycles. The molecule has 1 amide bonds. The maximum absolute atomic E-state index is 10.3. The van der Waals surface area contributed by atoms with Crippen LogP contribution in [0.15, 0.2) is 59.5 Å². The highest BCUT2D eigenvalue weighted by atomic mass is 32.1. The fourth-order valence-electron chi connectivity index (χ4n) is 1.77. The number of rotatable bonds is 2. The zero-order valence-corrected chi connectivity index (χ0v) is 12.8. The maximum atomic E-state index is 10.3. The molecule has 0 saturated heterocycles. The SMILES string of the molecule is NC(=O)C=Cc1ccccc1.Sc1ccc2c(c1)OCCO2. The molecule has 0 bridgehead atoms. The van der Waals surface area contributed by atoms with Crippen LogP contribution in [0.4, 0.5) is 0 Å². The molecule has 4 nitrogen and oxygen atoms in total. The molecule has 0 radical (unpaired) electrons. The van der Waals surface area contributed by atoms with E-state index >= 15 is 0 Å². The van der Waals surface area contributed by atoms with E-state index in [0.29, 0.717) is 13.2 Å². The first-order chi connectivity index (χ1) is 10.6. The van der Waals surface area contributed by atoms with E-state index in [0.717, 1.165) is 22.0 Å². The molecule has 0 spiro atoms. The van der Waals surface area contributed by atoms with E-state index < -0.39 is 5.91 Å². The number of amides is 1. The van der Waals surface area contributed by atoms with Crippen LogP contribution in [0.25, 0.3) is 6.08 Å². The molecule has 114 valence electrons. The summed E-state index contributed by atoms with van der Waals surface area (Å²) in [6, 6.07) is 15.1. The molecule has 0 saturated carbocycles. The number of carbonyl (C=O) groups excluding carboxylic acids is 1. The number of ether oxygens (including phenoxy) is 2. The van der Waals surface area contributed by atoms with Gasteiger partial charge in [0.05, 0.1) is 0 Å². The number of fused-ring (bicyclic) bond motifs is 1. The quantitative estimate of drug-likeness (QED) is 0.661. The summed E-state index contributed by atoms with van der Waals surface area (Å²) in [5.41, 5.74) is 5.89. The van der Waals surface area contributed by atoms with Crippen LogP contribution in [0.2, 0.25) is 0 Å². The highest BCUT2D eigenvalue weighted by Gasteiger charge is 2.09. The predicted molar refractivity (Wildman–Crippen MR) is 89.4 cm³/mol.